The van der Waals surface area contributed by atoms with Gasteiger partial charge >= 0.3 is 13.3 Å². The van der Waals surface area contributed by atoms with Crippen LogP contribution in [0.4, 0.5) is 13.2 Å². The molecule has 0 saturated carbocycles. The molecule has 0 atom stereocenters. The average molecular weight is 431 g/mol. The SMILES string of the molecule is Cc1ccc(-c2nnc(-c3ccnc(C(F)(F)F)c3)o2)cc1B1OC(C)(C)C(C)(C)O1. The molecular formula is C21H21BF3N3O3. The maximum atomic E-state index is 12.9. The Morgan fingerprint density at radius 1 is 0.871 bits per heavy atom. The summed E-state index contributed by atoms with van der Waals surface area (Å²) in [7, 11) is -0.568. The Morgan fingerprint density at radius 3 is 2.03 bits per heavy atom. The van der Waals surface area contributed by atoms with Gasteiger partial charge in [-0.2, -0.15) is 13.2 Å². The summed E-state index contributed by atoms with van der Waals surface area (Å²) in [6.07, 6.45) is -3.50. The van der Waals surface area contributed by atoms with Crippen molar-refractivity contribution in [1.29, 1.82) is 0 Å². The van der Waals surface area contributed by atoms with Crippen LogP contribution < -0.4 is 5.46 Å². The number of alkyl halides is 3. The minimum atomic E-state index is -4.56. The molecule has 3 aromatic rings. The molecule has 1 aliphatic rings. The van der Waals surface area contributed by atoms with Crippen LogP contribution in [0, 0.1) is 6.92 Å². The van der Waals surface area contributed by atoms with E-state index in [4.69, 9.17) is 13.7 Å². The molecule has 1 aliphatic heterocycles. The predicted octanol–water partition coefficient (Wildman–Crippen LogP) is 4.43. The highest BCUT2D eigenvalue weighted by molar-refractivity contribution is 6.62. The lowest BCUT2D eigenvalue weighted by Crippen LogP contribution is -2.41. The molecule has 6 nitrogen and oxygen atoms in total. The van der Waals surface area contributed by atoms with Gasteiger partial charge in [0.05, 0.1) is 11.2 Å². The van der Waals surface area contributed by atoms with Crippen molar-refractivity contribution in [2.75, 3.05) is 0 Å². The summed E-state index contributed by atoms with van der Waals surface area (Å²) < 4.78 is 56.8. The van der Waals surface area contributed by atoms with E-state index in [-0.39, 0.29) is 17.3 Å². The number of hydrogen-bond acceptors (Lipinski definition) is 6. The largest absolute Gasteiger partial charge is 0.495 e. The monoisotopic (exact) mass is 431 g/mol. The maximum absolute atomic E-state index is 12.9. The predicted molar refractivity (Wildman–Crippen MR) is 108 cm³/mol. The van der Waals surface area contributed by atoms with Crippen molar-refractivity contribution < 1.29 is 26.9 Å². The molecule has 0 unspecified atom stereocenters. The summed E-state index contributed by atoms with van der Waals surface area (Å²) in [5, 5.41) is 7.92. The normalized spacial score (nSPS) is 17.9. The van der Waals surface area contributed by atoms with E-state index in [1.165, 1.54) is 6.07 Å². The van der Waals surface area contributed by atoms with Crippen LogP contribution in [0.5, 0.6) is 0 Å². The molecule has 0 bridgehead atoms. The molecule has 0 radical (unpaired) electrons. The van der Waals surface area contributed by atoms with E-state index in [1.54, 1.807) is 6.07 Å². The van der Waals surface area contributed by atoms with Crippen molar-refractivity contribution in [3.8, 4) is 22.9 Å². The Kier molecular flexibility index (Phi) is 4.97. The van der Waals surface area contributed by atoms with E-state index >= 15 is 0 Å². The van der Waals surface area contributed by atoms with Crippen LogP contribution >= 0.6 is 0 Å². The van der Waals surface area contributed by atoms with Crippen molar-refractivity contribution >= 4 is 12.6 Å². The Bertz CT molecular complexity index is 1110. The van der Waals surface area contributed by atoms with Gasteiger partial charge in [0.15, 0.2) is 0 Å². The summed E-state index contributed by atoms with van der Waals surface area (Å²) in [6.45, 7) is 9.83. The lowest BCUT2D eigenvalue weighted by atomic mass is 9.75. The van der Waals surface area contributed by atoms with E-state index in [0.717, 1.165) is 23.3 Å². The zero-order chi connectivity index (χ0) is 22.6. The van der Waals surface area contributed by atoms with E-state index in [1.807, 2.05) is 46.8 Å². The highest BCUT2D eigenvalue weighted by Gasteiger charge is 2.52. The maximum Gasteiger partial charge on any atom is 0.495 e. The van der Waals surface area contributed by atoms with Gasteiger partial charge in [0.25, 0.3) is 0 Å². The van der Waals surface area contributed by atoms with Crippen LogP contribution in [0.2, 0.25) is 0 Å². The Balaban J connectivity index is 1.66. The van der Waals surface area contributed by atoms with Crippen molar-refractivity contribution in [3.05, 3.63) is 47.8 Å². The van der Waals surface area contributed by atoms with Crippen LogP contribution in [0.15, 0.2) is 40.9 Å². The van der Waals surface area contributed by atoms with Gasteiger partial charge in [-0.3, -0.25) is 4.98 Å². The Morgan fingerprint density at radius 2 is 1.45 bits per heavy atom. The van der Waals surface area contributed by atoms with Gasteiger partial charge in [0, 0.05) is 17.3 Å². The third-order valence-electron chi connectivity index (χ3n) is 5.76. The van der Waals surface area contributed by atoms with Crippen molar-refractivity contribution in [3.63, 3.8) is 0 Å². The number of pyridine rings is 1. The van der Waals surface area contributed by atoms with Crippen LogP contribution in [-0.4, -0.2) is 33.5 Å². The van der Waals surface area contributed by atoms with Crippen molar-refractivity contribution in [2.24, 2.45) is 0 Å². The number of nitrogens with zero attached hydrogens (tertiary/aromatic N) is 3. The zero-order valence-electron chi connectivity index (χ0n) is 17.7. The molecule has 0 amide bonds. The topological polar surface area (TPSA) is 70.3 Å². The molecule has 1 saturated heterocycles. The number of aryl methyl sites for hydroxylation is 1. The summed E-state index contributed by atoms with van der Waals surface area (Å²) >= 11 is 0. The van der Waals surface area contributed by atoms with Gasteiger partial charge in [0.2, 0.25) is 11.8 Å². The summed E-state index contributed by atoms with van der Waals surface area (Å²) in [6, 6.07) is 7.78. The van der Waals surface area contributed by atoms with Gasteiger partial charge < -0.3 is 13.7 Å². The number of rotatable bonds is 3. The Labute approximate surface area is 177 Å². The van der Waals surface area contributed by atoms with Crippen LogP contribution in [-0.2, 0) is 15.5 Å². The fraction of sp³-hybridized carbons (Fsp3) is 0.381. The zero-order valence-corrected chi connectivity index (χ0v) is 17.7. The molecule has 4 rings (SSSR count). The van der Waals surface area contributed by atoms with Crippen LogP contribution in [0.3, 0.4) is 0 Å². The van der Waals surface area contributed by atoms with Crippen LogP contribution in [0.1, 0.15) is 39.0 Å². The fourth-order valence-electron chi connectivity index (χ4n) is 3.17. The van der Waals surface area contributed by atoms with Crippen molar-refractivity contribution in [2.45, 2.75) is 52.0 Å². The second-order valence-corrected chi connectivity index (χ2v) is 8.50. The first kappa shape index (κ1) is 21.5. The van der Waals surface area contributed by atoms with Gasteiger partial charge in [-0.1, -0.05) is 11.6 Å². The van der Waals surface area contributed by atoms with E-state index in [0.29, 0.717) is 5.56 Å². The van der Waals surface area contributed by atoms with E-state index in [2.05, 4.69) is 15.2 Å². The van der Waals surface area contributed by atoms with Gasteiger partial charge in [-0.15, -0.1) is 10.2 Å². The lowest BCUT2D eigenvalue weighted by molar-refractivity contribution is -0.141. The number of aromatic nitrogens is 3. The van der Waals surface area contributed by atoms with Gasteiger partial charge in [0.1, 0.15) is 5.69 Å². The number of benzene rings is 1. The minimum absolute atomic E-state index is 0.0272. The molecule has 0 aliphatic carbocycles. The molecule has 0 spiro atoms. The minimum Gasteiger partial charge on any atom is -0.416 e. The smallest absolute Gasteiger partial charge is 0.416 e. The van der Waals surface area contributed by atoms with Crippen LogP contribution in [0.25, 0.3) is 22.9 Å². The van der Waals surface area contributed by atoms with E-state index < -0.39 is 30.2 Å². The third kappa shape index (κ3) is 3.97. The van der Waals surface area contributed by atoms with Gasteiger partial charge in [-0.05, 0) is 64.3 Å². The molecule has 10 heteroatoms. The first-order valence-electron chi connectivity index (χ1n) is 9.71. The second-order valence-electron chi connectivity index (χ2n) is 8.50. The lowest BCUT2D eigenvalue weighted by Gasteiger charge is -2.32. The molecule has 1 fully saturated rings. The third-order valence-corrected chi connectivity index (χ3v) is 5.76. The standard InChI is InChI=1S/C21H21BF3N3O3/c1-12-6-7-13(10-15(12)22-30-19(2,3)20(4,5)31-22)17-27-28-18(29-17)14-8-9-26-16(11-14)21(23,24)25/h6-11H,1-5H3. The Hall–Kier alpha value is -2.72. The fourth-order valence-corrected chi connectivity index (χ4v) is 3.17. The summed E-state index contributed by atoms with van der Waals surface area (Å²) in [5.74, 6) is 0.152. The molecule has 1 aromatic carbocycles. The molecule has 2 aromatic heterocycles. The highest BCUT2D eigenvalue weighted by Crippen LogP contribution is 2.37. The summed E-state index contributed by atoms with van der Waals surface area (Å²) in [5.41, 5.74) is 0.525. The summed E-state index contributed by atoms with van der Waals surface area (Å²) in [4.78, 5) is 3.35. The first-order valence-corrected chi connectivity index (χ1v) is 9.71. The van der Waals surface area contributed by atoms with Gasteiger partial charge in [-0.25, -0.2) is 0 Å². The molecule has 31 heavy (non-hydrogen) atoms. The second kappa shape index (κ2) is 7.17. The first-order chi connectivity index (χ1) is 14.4. The van der Waals surface area contributed by atoms with Crippen molar-refractivity contribution in [1.82, 2.24) is 15.2 Å². The molecular weight excluding hydrogens is 410 g/mol. The average Bonchev–Trinajstić information content (AvgIpc) is 3.24. The van der Waals surface area contributed by atoms with E-state index in [9.17, 15) is 13.2 Å². The molecule has 3 heterocycles. The highest BCUT2D eigenvalue weighted by atomic mass is 19.4. The quantitative estimate of drug-likeness (QED) is 0.572. The molecule has 0 N–H and O–H groups in total. The number of halogens is 3. The number of hydrogen-bond donors (Lipinski definition) is 0. The molecule has 162 valence electrons.